The first-order valence-corrected chi connectivity index (χ1v) is 13.7. The molecule has 6 rings (SSSR count). The van der Waals surface area contributed by atoms with Crippen molar-refractivity contribution >= 4 is 28.7 Å². The molecule has 210 valence electrons. The van der Waals surface area contributed by atoms with Crippen molar-refractivity contribution in [3.63, 3.8) is 0 Å². The minimum absolute atomic E-state index is 0.0244. The second-order valence-electron chi connectivity index (χ2n) is 11.2. The number of carbonyl (C=O) groups is 1. The number of hydrogen-bond acceptors (Lipinski definition) is 7. The molecule has 42 heavy (non-hydrogen) atoms. The lowest BCUT2D eigenvalue weighted by atomic mass is 9.86. The van der Waals surface area contributed by atoms with Gasteiger partial charge in [-0.15, -0.1) is 5.10 Å². The molecule has 0 aliphatic heterocycles. The number of nitrogens with zero attached hydrogens (tertiary/aromatic N) is 6. The molecule has 3 aromatic carbocycles. The van der Waals surface area contributed by atoms with Crippen LogP contribution in [0.4, 0.5) is 17.2 Å². The molecule has 0 saturated carbocycles. The fraction of sp³-hybridized carbons (Fsp3) is 0.188. The van der Waals surface area contributed by atoms with Crippen LogP contribution in [0.2, 0.25) is 0 Å². The maximum Gasteiger partial charge on any atom is 0.255 e. The zero-order chi connectivity index (χ0) is 29.3. The first-order valence-electron chi connectivity index (χ1n) is 13.7. The van der Waals surface area contributed by atoms with Crippen LogP contribution in [0.15, 0.2) is 85.3 Å². The topological polar surface area (TPSA) is 126 Å². The lowest BCUT2D eigenvalue weighted by Gasteiger charge is -2.19. The first kappa shape index (κ1) is 26.8. The highest BCUT2D eigenvalue weighted by atomic mass is 16.1. The summed E-state index contributed by atoms with van der Waals surface area (Å²) < 4.78 is 1.94. The Hall–Kier alpha value is -5.38. The summed E-state index contributed by atoms with van der Waals surface area (Å²) >= 11 is 0. The van der Waals surface area contributed by atoms with Crippen molar-refractivity contribution < 1.29 is 4.79 Å². The van der Waals surface area contributed by atoms with Gasteiger partial charge < -0.3 is 15.0 Å². The van der Waals surface area contributed by atoms with Crippen LogP contribution < -0.4 is 10.6 Å². The summed E-state index contributed by atoms with van der Waals surface area (Å²) in [5.41, 5.74) is 7.78. The number of benzene rings is 3. The first-order chi connectivity index (χ1) is 20.2. The number of carbonyl (C=O) groups excluding carboxylic acids is 1. The third kappa shape index (κ3) is 5.60. The molecular weight excluding hydrogens is 526 g/mol. The minimum Gasteiger partial charge on any atom is -0.337 e. The standard InChI is InChI=1S/C32H31N9O/c1-20-25(6-5-7-26(20)36-31(42)22-10-12-23(13-11-22)32(2,3)4)27-19-41-17-16-33-30(41)29(35-27)34-24-14-8-21(9-15-24)18-28-37-39-40-38-28/h5-17,19H,18H2,1-4H3,(H,34,35)(H,36,42)(H,37,38,39,40). The van der Waals surface area contributed by atoms with Crippen LogP contribution in [-0.2, 0) is 11.8 Å². The molecular formula is C32H31N9O. The Morgan fingerprint density at radius 2 is 1.79 bits per heavy atom. The second-order valence-corrected chi connectivity index (χ2v) is 11.2. The number of tetrazole rings is 1. The Morgan fingerprint density at radius 3 is 2.50 bits per heavy atom. The van der Waals surface area contributed by atoms with Crippen LogP contribution in [0.5, 0.6) is 0 Å². The number of imidazole rings is 1. The third-order valence-corrected chi connectivity index (χ3v) is 7.22. The van der Waals surface area contributed by atoms with Gasteiger partial charge in [-0.05, 0) is 69.8 Å². The Kier molecular flexibility index (Phi) is 6.95. The lowest BCUT2D eigenvalue weighted by molar-refractivity contribution is 0.102. The van der Waals surface area contributed by atoms with Crippen LogP contribution in [0.1, 0.15) is 53.6 Å². The minimum atomic E-state index is -0.154. The van der Waals surface area contributed by atoms with Crippen LogP contribution >= 0.6 is 0 Å². The predicted octanol–water partition coefficient (Wildman–Crippen LogP) is 6.10. The molecule has 3 aromatic heterocycles. The molecule has 0 fully saturated rings. The Morgan fingerprint density at radius 1 is 1.00 bits per heavy atom. The predicted molar refractivity (Wildman–Crippen MR) is 163 cm³/mol. The van der Waals surface area contributed by atoms with Crippen LogP contribution in [0.25, 0.3) is 16.9 Å². The fourth-order valence-electron chi connectivity index (χ4n) is 4.80. The maximum absolute atomic E-state index is 13.1. The highest BCUT2D eigenvalue weighted by Gasteiger charge is 2.17. The average Bonchev–Trinajstić information content (AvgIpc) is 3.67. The fourth-order valence-corrected chi connectivity index (χ4v) is 4.80. The van der Waals surface area contributed by atoms with Gasteiger partial charge in [-0.2, -0.15) is 0 Å². The molecule has 0 aliphatic carbocycles. The monoisotopic (exact) mass is 557 g/mol. The number of hydrogen-bond donors (Lipinski definition) is 3. The number of amides is 1. The summed E-state index contributed by atoms with van der Waals surface area (Å²) in [5, 5.41) is 20.5. The van der Waals surface area contributed by atoms with E-state index in [2.05, 4.69) is 57.0 Å². The van der Waals surface area contributed by atoms with E-state index in [0.29, 0.717) is 29.3 Å². The molecule has 10 nitrogen and oxygen atoms in total. The van der Waals surface area contributed by atoms with E-state index in [4.69, 9.17) is 4.98 Å². The smallest absolute Gasteiger partial charge is 0.255 e. The summed E-state index contributed by atoms with van der Waals surface area (Å²) in [4.78, 5) is 22.6. The number of H-pyrrole nitrogens is 1. The largest absolute Gasteiger partial charge is 0.337 e. The van der Waals surface area contributed by atoms with E-state index in [1.807, 2.05) is 90.4 Å². The SMILES string of the molecule is Cc1c(NC(=O)c2ccc(C(C)(C)C)cc2)cccc1-c1cn2ccnc2c(Nc2ccc(Cc3nnn[nH]3)cc2)n1. The number of nitrogens with one attached hydrogen (secondary N) is 3. The van der Waals surface area contributed by atoms with Gasteiger partial charge in [0.2, 0.25) is 0 Å². The summed E-state index contributed by atoms with van der Waals surface area (Å²) in [6.45, 7) is 8.46. The Balaban J connectivity index is 1.26. The lowest BCUT2D eigenvalue weighted by Crippen LogP contribution is -2.15. The van der Waals surface area contributed by atoms with Gasteiger partial charge >= 0.3 is 0 Å². The number of rotatable bonds is 7. The van der Waals surface area contributed by atoms with Crippen LogP contribution in [-0.4, -0.2) is 40.9 Å². The second kappa shape index (κ2) is 10.9. The zero-order valence-corrected chi connectivity index (χ0v) is 23.9. The molecule has 0 saturated heterocycles. The molecule has 0 unspecified atom stereocenters. The quantitative estimate of drug-likeness (QED) is 0.216. The van der Waals surface area contributed by atoms with Crippen LogP contribution in [0.3, 0.4) is 0 Å². The van der Waals surface area contributed by atoms with E-state index >= 15 is 0 Å². The molecule has 1 amide bonds. The average molecular weight is 558 g/mol. The molecule has 3 heterocycles. The highest BCUT2D eigenvalue weighted by Crippen LogP contribution is 2.31. The van der Waals surface area contributed by atoms with Gasteiger partial charge in [-0.25, -0.2) is 15.1 Å². The molecule has 0 spiro atoms. The molecule has 10 heteroatoms. The van der Waals surface area contributed by atoms with Crippen molar-refractivity contribution in [1.82, 2.24) is 35.0 Å². The van der Waals surface area contributed by atoms with Gasteiger partial charge in [0, 0.05) is 47.5 Å². The van der Waals surface area contributed by atoms with Gasteiger partial charge in [0.25, 0.3) is 5.91 Å². The van der Waals surface area contributed by atoms with E-state index < -0.39 is 0 Å². The van der Waals surface area contributed by atoms with Crippen molar-refractivity contribution in [2.75, 3.05) is 10.6 Å². The van der Waals surface area contributed by atoms with E-state index in [9.17, 15) is 4.79 Å². The van der Waals surface area contributed by atoms with Gasteiger partial charge in [-0.3, -0.25) is 4.79 Å². The third-order valence-electron chi connectivity index (χ3n) is 7.22. The molecule has 0 bridgehead atoms. The number of anilines is 3. The molecule has 0 atom stereocenters. The van der Waals surface area contributed by atoms with E-state index in [-0.39, 0.29) is 11.3 Å². The van der Waals surface area contributed by atoms with E-state index in [1.165, 1.54) is 5.56 Å². The molecule has 6 aromatic rings. The molecule has 3 N–H and O–H groups in total. The summed E-state index contributed by atoms with van der Waals surface area (Å²) in [7, 11) is 0. The number of aromatic nitrogens is 7. The van der Waals surface area contributed by atoms with Gasteiger partial charge in [0.05, 0.1) is 5.69 Å². The molecule has 0 radical (unpaired) electrons. The zero-order valence-electron chi connectivity index (χ0n) is 23.9. The van der Waals surface area contributed by atoms with Gasteiger partial charge in [0.15, 0.2) is 17.3 Å². The van der Waals surface area contributed by atoms with E-state index in [0.717, 1.165) is 33.8 Å². The normalized spacial score (nSPS) is 11.5. The number of aromatic amines is 1. The van der Waals surface area contributed by atoms with Crippen molar-refractivity contribution in [3.8, 4) is 11.3 Å². The molecule has 0 aliphatic rings. The Labute approximate surface area is 243 Å². The van der Waals surface area contributed by atoms with Crippen molar-refractivity contribution in [3.05, 3.63) is 113 Å². The van der Waals surface area contributed by atoms with Crippen LogP contribution in [0, 0.1) is 6.92 Å². The summed E-state index contributed by atoms with van der Waals surface area (Å²) in [5.74, 6) is 1.17. The van der Waals surface area contributed by atoms with Crippen molar-refractivity contribution in [2.45, 2.75) is 39.5 Å². The van der Waals surface area contributed by atoms with Gasteiger partial charge in [0.1, 0.15) is 0 Å². The summed E-state index contributed by atoms with van der Waals surface area (Å²) in [6, 6.07) is 21.6. The Bertz CT molecular complexity index is 1850. The number of fused-ring (bicyclic) bond motifs is 1. The maximum atomic E-state index is 13.1. The van der Waals surface area contributed by atoms with E-state index in [1.54, 1.807) is 6.20 Å². The summed E-state index contributed by atoms with van der Waals surface area (Å²) in [6.07, 6.45) is 6.19. The van der Waals surface area contributed by atoms with Crippen molar-refractivity contribution in [2.24, 2.45) is 0 Å². The van der Waals surface area contributed by atoms with Crippen molar-refractivity contribution in [1.29, 1.82) is 0 Å². The highest BCUT2D eigenvalue weighted by molar-refractivity contribution is 6.05. The van der Waals surface area contributed by atoms with Gasteiger partial charge in [-0.1, -0.05) is 57.2 Å².